The molecule has 1 aliphatic carbocycles. The molecule has 0 spiro atoms. The van der Waals surface area contributed by atoms with Crippen molar-refractivity contribution in [1.29, 1.82) is 0 Å². The van der Waals surface area contributed by atoms with Gasteiger partial charge in [0.2, 0.25) is 10.0 Å². The van der Waals surface area contributed by atoms with Gasteiger partial charge in [0.05, 0.1) is 4.90 Å². The second-order valence-corrected chi connectivity index (χ2v) is 6.98. The lowest BCUT2D eigenvalue weighted by atomic mass is 10.0. The number of sulfonamides is 1. The van der Waals surface area contributed by atoms with E-state index in [0.717, 1.165) is 25.7 Å². The van der Waals surface area contributed by atoms with Gasteiger partial charge < -0.3 is 5.11 Å². The summed E-state index contributed by atoms with van der Waals surface area (Å²) in [7, 11) is -3.60. The van der Waals surface area contributed by atoms with Gasteiger partial charge in [0, 0.05) is 11.1 Å². The predicted molar refractivity (Wildman–Crippen MR) is 77.6 cm³/mol. The van der Waals surface area contributed by atoms with Crippen LogP contribution in [0.3, 0.4) is 0 Å². The first-order chi connectivity index (χ1) is 9.47. The maximum absolute atomic E-state index is 12.5. The van der Waals surface area contributed by atoms with Gasteiger partial charge in [-0.15, -0.1) is 0 Å². The zero-order valence-corrected chi connectivity index (χ0v) is 12.3. The van der Waals surface area contributed by atoms with Crippen LogP contribution >= 0.6 is 0 Å². The lowest BCUT2D eigenvalue weighted by molar-refractivity contribution is 0.350. The van der Waals surface area contributed by atoms with Crippen LogP contribution in [-0.4, -0.2) is 25.7 Å². The Morgan fingerprint density at radius 1 is 1.30 bits per heavy atom. The van der Waals surface area contributed by atoms with Crippen LogP contribution in [0.15, 0.2) is 29.2 Å². The molecule has 1 aromatic carbocycles. The van der Waals surface area contributed by atoms with Crippen molar-refractivity contribution in [2.45, 2.75) is 43.0 Å². The van der Waals surface area contributed by atoms with E-state index in [-0.39, 0.29) is 17.0 Å². The molecule has 1 aliphatic rings. The molecular weight excluding hydrogens is 274 g/mol. The maximum Gasteiger partial charge on any atom is 0.242 e. The summed E-state index contributed by atoms with van der Waals surface area (Å²) in [5.41, 5.74) is 0.0479. The number of benzene rings is 1. The average Bonchev–Trinajstić information content (AvgIpc) is 2.82. The number of nitrogens with one attached hydrogen (secondary N) is 1. The summed E-state index contributed by atoms with van der Waals surface area (Å²) in [4.78, 5) is 0.175. The molecule has 0 bridgehead atoms. The Morgan fingerprint density at radius 2 is 1.95 bits per heavy atom. The van der Waals surface area contributed by atoms with Crippen molar-refractivity contribution in [3.8, 4) is 11.8 Å². The molecule has 1 fully saturated rings. The van der Waals surface area contributed by atoms with E-state index < -0.39 is 10.0 Å². The van der Waals surface area contributed by atoms with Crippen molar-refractivity contribution < 1.29 is 13.5 Å². The summed E-state index contributed by atoms with van der Waals surface area (Å²) in [5.74, 6) is 5.18. The molecule has 2 N–H and O–H groups in total. The number of hydrogen-bond donors (Lipinski definition) is 2. The first-order valence-electron chi connectivity index (χ1n) is 6.70. The van der Waals surface area contributed by atoms with Crippen LogP contribution in [0.5, 0.6) is 0 Å². The first kappa shape index (κ1) is 15.0. The Morgan fingerprint density at radius 3 is 2.60 bits per heavy atom. The second-order valence-electron chi connectivity index (χ2n) is 5.33. The Bertz CT molecular complexity index is 635. The molecule has 5 heteroatoms. The summed E-state index contributed by atoms with van der Waals surface area (Å²) in [5, 5.41) is 8.75. The highest BCUT2D eigenvalue weighted by Crippen LogP contribution is 2.31. The standard InChI is InChI=1S/C15H19NO3S/c1-15(10-4-5-11-15)16-20(18,19)14-9-3-2-7-13(14)8-6-12-17/h2-3,7,9,16-17H,4-5,10-12H2,1H3. The van der Waals surface area contributed by atoms with E-state index in [1.54, 1.807) is 24.3 Å². The molecule has 4 nitrogen and oxygen atoms in total. The highest BCUT2D eigenvalue weighted by molar-refractivity contribution is 7.89. The number of hydrogen-bond acceptors (Lipinski definition) is 3. The van der Waals surface area contributed by atoms with E-state index in [0.29, 0.717) is 5.56 Å². The van der Waals surface area contributed by atoms with Gasteiger partial charge in [-0.1, -0.05) is 36.8 Å². The number of rotatable bonds is 3. The molecule has 0 radical (unpaired) electrons. The fourth-order valence-electron chi connectivity index (χ4n) is 2.58. The minimum absolute atomic E-state index is 0.175. The molecule has 2 rings (SSSR count). The van der Waals surface area contributed by atoms with E-state index in [1.807, 2.05) is 6.92 Å². The third kappa shape index (κ3) is 3.40. The van der Waals surface area contributed by atoms with Crippen LogP contribution in [0.25, 0.3) is 0 Å². The first-order valence-corrected chi connectivity index (χ1v) is 8.18. The topological polar surface area (TPSA) is 66.4 Å². The van der Waals surface area contributed by atoms with Gasteiger partial charge in [0.25, 0.3) is 0 Å². The van der Waals surface area contributed by atoms with Crippen LogP contribution in [0.1, 0.15) is 38.2 Å². The Balaban J connectivity index is 2.34. The SMILES string of the molecule is CC1(NS(=O)(=O)c2ccccc2C#CCO)CCCC1. The molecule has 0 heterocycles. The van der Waals surface area contributed by atoms with Crippen LogP contribution in [-0.2, 0) is 10.0 Å². The molecule has 0 unspecified atom stereocenters. The molecule has 1 saturated carbocycles. The fourth-order valence-corrected chi connectivity index (χ4v) is 4.20. The van der Waals surface area contributed by atoms with E-state index in [1.165, 1.54) is 0 Å². The van der Waals surface area contributed by atoms with Crippen molar-refractivity contribution >= 4 is 10.0 Å². The molecule has 0 aromatic heterocycles. The normalized spacial score (nSPS) is 17.5. The summed E-state index contributed by atoms with van der Waals surface area (Å²) < 4.78 is 27.9. The van der Waals surface area contributed by atoms with Gasteiger partial charge in [-0.2, -0.15) is 0 Å². The highest BCUT2D eigenvalue weighted by Gasteiger charge is 2.34. The van der Waals surface area contributed by atoms with Crippen LogP contribution < -0.4 is 4.72 Å². The monoisotopic (exact) mass is 293 g/mol. The van der Waals surface area contributed by atoms with Gasteiger partial charge >= 0.3 is 0 Å². The molecule has 108 valence electrons. The molecule has 1 aromatic rings. The van der Waals surface area contributed by atoms with Crippen LogP contribution in [0.2, 0.25) is 0 Å². The Hall–Kier alpha value is -1.35. The largest absolute Gasteiger partial charge is 0.384 e. The van der Waals surface area contributed by atoms with E-state index in [2.05, 4.69) is 16.6 Å². The van der Waals surface area contributed by atoms with Gasteiger partial charge in [-0.3, -0.25) is 0 Å². The number of aliphatic hydroxyl groups excluding tert-OH is 1. The second kappa shape index (κ2) is 5.96. The summed E-state index contributed by atoms with van der Waals surface area (Å²) in [6.07, 6.45) is 3.81. The third-order valence-electron chi connectivity index (χ3n) is 3.57. The maximum atomic E-state index is 12.5. The van der Waals surface area contributed by atoms with Crippen molar-refractivity contribution in [2.75, 3.05) is 6.61 Å². The van der Waals surface area contributed by atoms with Crippen molar-refractivity contribution in [2.24, 2.45) is 0 Å². The van der Waals surface area contributed by atoms with E-state index in [9.17, 15) is 8.42 Å². The molecule has 0 aliphatic heterocycles. The van der Waals surface area contributed by atoms with Crippen molar-refractivity contribution in [1.82, 2.24) is 4.72 Å². The smallest absolute Gasteiger partial charge is 0.242 e. The zero-order chi connectivity index (χ0) is 14.6. The summed E-state index contributed by atoms with van der Waals surface area (Å²) in [6.45, 7) is 1.65. The molecular formula is C15H19NO3S. The van der Waals surface area contributed by atoms with Crippen molar-refractivity contribution in [3.63, 3.8) is 0 Å². The number of aliphatic hydroxyl groups is 1. The highest BCUT2D eigenvalue weighted by atomic mass is 32.2. The van der Waals surface area contributed by atoms with Crippen LogP contribution in [0.4, 0.5) is 0 Å². The predicted octanol–water partition coefficient (Wildman–Crippen LogP) is 1.64. The summed E-state index contributed by atoms with van der Waals surface area (Å²) >= 11 is 0. The minimum Gasteiger partial charge on any atom is -0.384 e. The van der Waals surface area contributed by atoms with Crippen molar-refractivity contribution in [3.05, 3.63) is 29.8 Å². The molecule has 0 saturated heterocycles. The molecule has 0 amide bonds. The van der Waals surface area contributed by atoms with Crippen LogP contribution in [0, 0.1) is 11.8 Å². The van der Waals surface area contributed by atoms with Gasteiger partial charge in [-0.05, 0) is 31.9 Å². The van der Waals surface area contributed by atoms with Gasteiger partial charge in [0.15, 0.2) is 0 Å². The van der Waals surface area contributed by atoms with E-state index in [4.69, 9.17) is 5.11 Å². The lowest BCUT2D eigenvalue weighted by Gasteiger charge is -2.25. The lowest BCUT2D eigenvalue weighted by Crippen LogP contribution is -2.43. The molecule has 0 atom stereocenters. The quantitative estimate of drug-likeness (QED) is 0.833. The minimum atomic E-state index is -3.60. The Labute approximate surface area is 120 Å². The van der Waals surface area contributed by atoms with Gasteiger partial charge in [-0.25, -0.2) is 13.1 Å². The van der Waals surface area contributed by atoms with E-state index >= 15 is 0 Å². The summed E-state index contributed by atoms with van der Waals surface area (Å²) in [6, 6.07) is 6.60. The third-order valence-corrected chi connectivity index (χ3v) is 5.26. The average molecular weight is 293 g/mol. The Kier molecular flexibility index (Phi) is 4.48. The molecule has 20 heavy (non-hydrogen) atoms. The van der Waals surface area contributed by atoms with Gasteiger partial charge in [0.1, 0.15) is 6.61 Å². The fraction of sp³-hybridized carbons (Fsp3) is 0.467. The zero-order valence-electron chi connectivity index (χ0n) is 11.5.